The first kappa shape index (κ1) is 29.4. The van der Waals surface area contributed by atoms with E-state index in [9.17, 15) is 14.4 Å². The Morgan fingerprint density at radius 2 is 1.79 bits per heavy atom. The van der Waals surface area contributed by atoms with Gasteiger partial charge in [-0.2, -0.15) is 5.10 Å². The van der Waals surface area contributed by atoms with Crippen molar-refractivity contribution in [2.45, 2.75) is 52.1 Å². The maximum Gasteiger partial charge on any atom is 0.413 e. The maximum absolute atomic E-state index is 12.9. The Hall–Kier alpha value is -4.14. The number of ether oxygens (including phenoxy) is 3. The number of hydrogen-bond acceptors (Lipinski definition) is 9. The van der Waals surface area contributed by atoms with E-state index in [1.165, 1.54) is 16.0 Å². The zero-order chi connectivity index (χ0) is 30.1. The summed E-state index contributed by atoms with van der Waals surface area (Å²) in [6, 6.07) is 13.5. The Morgan fingerprint density at radius 3 is 2.45 bits per heavy atom. The van der Waals surface area contributed by atoms with Crippen molar-refractivity contribution in [2.24, 2.45) is 12.5 Å². The van der Waals surface area contributed by atoms with Gasteiger partial charge >= 0.3 is 18.0 Å². The lowest BCUT2D eigenvalue weighted by Gasteiger charge is -2.17. The normalized spacial score (nSPS) is 14.4. The first-order valence-corrected chi connectivity index (χ1v) is 15.0. The highest BCUT2D eigenvalue weighted by Gasteiger charge is 2.54. The van der Waals surface area contributed by atoms with E-state index in [-0.39, 0.29) is 12.8 Å². The van der Waals surface area contributed by atoms with Crippen LogP contribution in [0.5, 0.6) is 0 Å². The second-order valence-corrected chi connectivity index (χ2v) is 13.3. The van der Waals surface area contributed by atoms with Gasteiger partial charge in [0.05, 0.1) is 22.1 Å². The zero-order valence-corrected chi connectivity index (χ0v) is 25.6. The van der Waals surface area contributed by atoms with Gasteiger partial charge in [-0.1, -0.05) is 42.2 Å². The predicted octanol–water partition coefficient (Wildman–Crippen LogP) is 6.53. The average Bonchev–Trinajstić information content (AvgIpc) is 3.37. The molecule has 1 amide bonds. The van der Waals surface area contributed by atoms with Crippen molar-refractivity contribution in [3.63, 3.8) is 0 Å². The third-order valence-electron chi connectivity index (χ3n) is 6.84. The average molecular weight is 606 g/mol. The molecule has 5 rings (SSSR count). The molecule has 0 unspecified atom stereocenters. The highest BCUT2D eigenvalue weighted by atomic mass is 32.1. The summed E-state index contributed by atoms with van der Waals surface area (Å²) >= 11 is 3.07. The molecule has 3 heterocycles. The Balaban J connectivity index is 1.23. The Bertz CT molecular complexity index is 1670. The first-order valence-electron chi connectivity index (χ1n) is 13.4. The van der Waals surface area contributed by atoms with E-state index in [1.807, 2.05) is 49.4 Å². The van der Waals surface area contributed by atoms with Crippen molar-refractivity contribution in [3.8, 4) is 11.8 Å². The number of thiophene rings is 2. The van der Waals surface area contributed by atoms with Crippen LogP contribution in [0.4, 0.5) is 10.6 Å². The molecule has 0 spiro atoms. The second-order valence-electron chi connectivity index (χ2n) is 11.1. The molecule has 9 nitrogen and oxygen atoms in total. The number of hydrogen-bond donors (Lipinski definition) is 1. The molecule has 3 aromatic heterocycles. The Morgan fingerprint density at radius 1 is 1.07 bits per heavy atom. The highest BCUT2D eigenvalue weighted by Crippen LogP contribution is 2.53. The lowest BCUT2D eigenvalue weighted by atomic mass is 9.98. The van der Waals surface area contributed by atoms with Gasteiger partial charge in [0.25, 0.3) is 0 Å². The van der Waals surface area contributed by atoms with Crippen LogP contribution in [0.25, 0.3) is 9.40 Å². The number of aryl methyl sites for hydroxylation is 1. The van der Waals surface area contributed by atoms with Gasteiger partial charge in [-0.3, -0.25) is 19.6 Å². The van der Waals surface area contributed by atoms with Gasteiger partial charge in [0.1, 0.15) is 17.3 Å². The number of amides is 1. The van der Waals surface area contributed by atoms with Crippen molar-refractivity contribution in [1.29, 1.82) is 0 Å². The van der Waals surface area contributed by atoms with Gasteiger partial charge in [0.15, 0.2) is 0 Å². The monoisotopic (exact) mass is 605 g/mol. The SMILES string of the molecule is C[C@@H](OC(=O)Nc1c(C#Cc2cc3sc(C4(C(=O)OCOC(=O)C(C)(C)C)CC4)cc3s2)cnn1C)c1ccccc1. The summed E-state index contributed by atoms with van der Waals surface area (Å²) in [7, 11) is 1.72. The Kier molecular flexibility index (Phi) is 8.12. The van der Waals surface area contributed by atoms with Gasteiger partial charge < -0.3 is 14.2 Å². The maximum atomic E-state index is 12.9. The summed E-state index contributed by atoms with van der Waals surface area (Å²) < 4.78 is 19.5. The third-order valence-corrected chi connectivity index (χ3v) is 9.26. The summed E-state index contributed by atoms with van der Waals surface area (Å²) in [6.45, 7) is 6.66. The fourth-order valence-electron chi connectivity index (χ4n) is 4.19. The molecule has 1 atom stereocenters. The number of rotatable bonds is 7. The molecular weight excluding hydrogens is 574 g/mol. The summed E-state index contributed by atoms with van der Waals surface area (Å²) in [6.07, 6.45) is 1.98. The minimum absolute atomic E-state index is 0.369. The van der Waals surface area contributed by atoms with E-state index in [4.69, 9.17) is 14.2 Å². The number of carbonyl (C=O) groups is 3. The van der Waals surface area contributed by atoms with Gasteiger partial charge in [-0.15, -0.1) is 22.7 Å². The zero-order valence-electron chi connectivity index (χ0n) is 24.0. The summed E-state index contributed by atoms with van der Waals surface area (Å²) in [4.78, 5) is 39.2. The van der Waals surface area contributed by atoms with Crippen LogP contribution in [0, 0.1) is 17.3 Å². The molecular formula is C31H31N3O6S2. The smallest absolute Gasteiger partial charge is 0.413 e. The number of nitrogens with zero attached hydrogens (tertiary/aromatic N) is 2. The van der Waals surface area contributed by atoms with Crippen molar-refractivity contribution in [2.75, 3.05) is 12.1 Å². The van der Waals surface area contributed by atoms with Gasteiger partial charge in [-0.05, 0) is 58.2 Å². The molecule has 0 saturated heterocycles. The van der Waals surface area contributed by atoms with Crippen LogP contribution in [0.2, 0.25) is 0 Å². The van der Waals surface area contributed by atoms with Gasteiger partial charge in [0.2, 0.25) is 6.79 Å². The third kappa shape index (κ3) is 6.35. The van der Waals surface area contributed by atoms with E-state index in [0.717, 1.165) is 24.7 Å². The number of anilines is 1. The molecule has 1 saturated carbocycles. The Labute approximate surface area is 251 Å². The van der Waals surface area contributed by atoms with E-state index >= 15 is 0 Å². The number of carbonyl (C=O) groups excluding carboxylic acids is 3. The second kappa shape index (κ2) is 11.6. The van der Waals surface area contributed by atoms with E-state index in [2.05, 4.69) is 22.3 Å². The molecule has 0 bridgehead atoms. The lowest BCUT2D eigenvalue weighted by molar-refractivity contribution is -0.174. The summed E-state index contributed by atoms with van der Waals surface area (Å²) in [5, 5.41) is 6.99. The van der Waals surface area contributed by atoms with Gasteiger partial charge in [0, 0.05) is 21.3 Å². The topological polar surface area (TPSA) is 109 Å². The molecule has 1 N–H and O–H groups in total. The summed E-state index contributed by atoms with van der Waals surface area (Å²) in [5.41, 5.74) is 0.118. The molecule has 4 aromatic rings. The van der Waals surface area contributed by atoms with Crippen molar-refractivity contribution in [3.05, 3.63) is 69.5 Å². The van der Waals surface area contributed by atoms with Crippen LogP contribution in [0.3, 0.4) is 0 Å². The molecule has 0 aliphatic heterocycles. The molecule has 1 aromatic carbocycles. The number of esters is 2. The van der Waals surface area contributed by atoms with Crippen LogP contribution >= 0.6 is 22.7 Å². The molecule has 42 heavy (non-hydrogen) atoms. The fraction of sp³-hybridized carbons (Fsp3) is 0.355. The summed E-state index contributed by atoms with van der Waals surface area (Å²) in [5.74, 6) is 5.92. The molecule has 11 heteroatoms. The lowest BCUT2D eigenvalue weighted by Crippen LogP contribution is -2.27. The molecule has 1 fully saturated rings. The number of benzene rings is 1. The van der Waals surface area contributed by atoms with Crippen LogP contribution in [0.1, 0.15) is 67.5 Å². The van der Waals surface area contributed by atoms with Crippen molar-refractivity contribution < 1.29 is 28.6 Å². The molecule has 218 valence electrons. The standard InChI is InChI=1S/C31H31N3O6S2/c1-19(20-9-7-6-8-10-20)40-29(37)33-26-21(17-32-34(26)5)11-12-22-15-23-24(41-22)16-25(42-23)31(13-14-31)28(36)39-18-38-27(35)30(2,3)4/h6-10,15-17,19H,13-14,18H2,1-5H3,(H,33,37)/t19-/m1/s1. The van der Waals surface area contributed by atoms with Crippen LogP contribution in [0.15, 0.2) is 48.7 Å². The quantitative estimate of drug-likeness (QED) is 0.145. The minimum atomic E-state index is -0.674. The van der Waals surface area contributed by atoms with Crippen molar-refractivity contribution >= 4 is 55.9 Å². The predicted molar refractivity (Wildman–Crippen MR) is 161 cm³/mol. The highest BCUT2D eigenvalue weighted by molar-refractivity contribution is 7.28. The number of aromatic nitrogens is 2. The molecule has 1 aliphatic carbocycles. The first-order chi connectivity index (χ1) is 20.0. The minimum Gasteiger partial charge on any atom is -0.441 e. The largest absolute Gasteiger partial charge is 0.441 e. The number of nitrogens with one attached hydrogen (secondary N) is 1. The van der Waals surface area contributed by atoms with E-state index in [0.29, 0.717) is 24.2 Å². The molecule has 0 radical (unpaired) electrons. The molecule has 1 aliphatic rings. The van der Waals surface area contributed by atoms with Gasteiger partial charge in [-0.25, -0.2) is 4.79 Å². The van der Waals surface area contributed by atoms with Crippen LogP contribution < -0.4 is 5.32 Å². The van der Waals surface area contributed by atoms with E-state index in [1.54, 1.807) is 45.4 Å². The van der Waals surface area contributed by atoms with Crippen LogP contribution in [-0.4, -0.2) is 34.6 Å². The van der Waals surface area contributed by atoms with Crippen LogP contribution in [-0.2, 0) is 36.3 Å². The number of fused-ring (bicyclic) bond motifs is 1. The van der Waals surface area contributed by atoms with Crippen molar-refractivity contribution in [1.82, 2.24) is 9.78 Å². The van der Waals surface area contributed by atoms with E-state index < -0.39 is 29.0 Å². The fourth-order valence-corrected chi connectivity index (χ4v) is 6.67.